The van der Waals surface area contributed by atoms with Crippen LogP contribution < -0.4 is 0 Å². The molecule has 3 heterocycles. The summed E-state index contributed by atoms with van der Waals surface area (Å²) in [7, 11) is -3.57. The number of pyridine rings is 1. The fourth-order valence-electron chi connectivity index (χ4n) is 4.27. The van der Waals surface area contributed by atoms with Crippen LogP contribution in [0.2, 0.25) is 0 Å². The standard InChI is InChI=1S/C24H31N5O3S/c1-5-6-11-29-23-22(19(4)26-29)21(16-18(3)25-23)24(30)27-12-14-28(15-13-27)33(31,32)20-9-7-17(2)8-10-20/h7-10,16H,5-6,11-15H2,1-4H3. The Labute approximate surface area is 195 Å². The summed E-state index contributed by atoms with van der Waals surface area (Å²) in [4.78, 5) is 20.2. The van der Waals surface area contributed by atoms with Crippen LogP contribution in [0.4, 0.5) is 0 Å². The zero-order chi connectivity index (χ0) is 23.8. The highest BCUT2D eigenvalue weighted by molar-refractivity contribution is 7.89. The summed E-state index contributed by atoms with van der Waals surface area (Å²) in [5.74, 6) is -0.101. The largest absolute Gasteiger partial charge is 0.336 e. The van der Waals surface area contributed by atoms with Crippen LogP contribution in [0.1, 0.15) is 47.1 Å². The maximum atomic E-state index is 13.5. The summed E-state index contributed by atoms with van der Waals surface area (Å²) in [6, 6.07) is 8.69. The van der Waals surface area contributed by atoms with Crippen LogP contribution in [-0.2, 0) is 16.6 Å². The van der Waals surface area contributed by atoms with Crippen molar-refractivity contribution in [1.29, 1.82) is 0 Å². The average Bonchev–Trinajstić information content (AvgIpc) is 3.12. The van der Waals surface area contributed by atoms with Gasteiger partial charge in [0, 0.05) is 38.4 Å². The number of aromatic nitrogens is 3. The molecule has 9 heteroatoms. The summed E-state index contributed by atoms with van der Waals surface area (Å²) >= 11 is 0. The van der Waals surface area contributed by atoms with Crippen LogP contribution in [0.15, 0.2) is 35.2 Å². The van der Waals surface area contributed by atoms with E-state index in [-0.39, 0.29) is 23.9 Å². The Kier molecular flexibility index (Phi) is 6.54. The van der Waals surface area contributed by atoms with Crippen molar-refractivity contribution in [1.82, 2.24) is 24.0 Å². The number of piperazine rings is 1. The lowest BCUT2D eigenvalue weighted by molar-refractivity contribution is 0.0699. The predicted octanol–water partition coefficient (Wildman–Crippen LogP) is 3.30. The lowest BCUT2D eigenvalue weighted by Gasteiger charge is -2.34. The summed E-state index contributed by atoms with van der Waals surface area (Å²) in [6.07, 6.45) is 2.04. The van der Waals surface area contributed by atoms with Gasteiger partial charge in [0.2, 0.25) is 10.0 Å². The summed E-state index contributed by atoms with van der Waals surface area (Å²) in [5.41, 5.74) is 3.90. The van der Waals surface area contributed by atoms with Gasteiger partial charge in [-0.05, 0) is 45.4 Å². The minimum absolute atomic E-state index is 0.101. The molecule has 0 saturated carbocycles. The van der Waals surface area contributed by atoms with Crippen LogP contribution in [0.5, 0.6) is 0 Å². The van der Waals surface area contributed by atoms with E-state index in [9.17, 15) is 13.2 Å². The zero-order valence-electron chi connectivity index (χ0n) is 19.7. The van der Waals surface area contributed by atoms with E-state index in [1.807, 2.05) is 31.5 Å². The molecular weight excluding hydrogens is 438 g/mol. The van der Waals surface area contributed by atoms with Gasteiger partial charge in [-0.2, -0.15) is 9.40 Å². The second kappa shape index (κ2) is 9.23. The highest BCUT2D eigenvalue weighted by atomic mass is 32.2. The molecule has 1 fully saturated rings. The van der Waals surface area contributed by atoms with Crippen LogP contribution in [0, 0.1) is 20.8 Å². The Hall–Kier alpha value is -2.78. The molecule has 0 spiro atoms. The first kappa shape index (κ1) is 23.4. The Balaban J connectivity index is 1.55. The van der Waals surface area contributed by atoms with Gasteiger partial charge in [0.05, 0.1) is 21.5 Å². The number of carbonyl (C=O) groups is 1. The van der Waals surface area contributed by atoms with Crippen molar-refractivity contribution in [2.45, 2.75) is 52.0 Å². The molecule has 4 rings (SSSR count). The molecule has 3 aromatic rings. The average molecular weight is 470 g/mol. The van der Waals surface area contributed by atoms with Crippen molar-refractivity contribution in [3.63, 3.8) is 0 Å². The zero-order valence-corrected chi connectivity index (χ0v) is 20.5. The number of sulfonamides is 1. The van der Waals surface area contributed by atoms with Crippen LogP contribution in [-0.4, -0.2) is 64.5 Å². The van der Waals surface area contributed by atoms with E-state index in [0.29, 0.717) is 18.7 Å². The maximum absolute atomic E-state index is 13.5. The third-order valence-corrected chi connectivity index (χ3v) is 8.06. The third-order valence-electron chi connectivity index (χ3n) is 6.14. The number of unbranched alkanes of at least 4 members (excludes halogenated alkanes) is 1. The number of hydrogen-bond donors (Lipinski definition) is 0. The fourth-order valence-corrected chi connectivity index (χ4v) is 5.69. The topological polar surface area (TPSA) is 88.4 Å². The molecule has 2 aromatic heterocycles. The summed E-state index contributed by atoms with van der Waals surface area (Å²) in [5, 5.41) is 5.42. The molecule has 0 radical (unpaired) electrons. The van der Waals surface area contributed by atoms with Gasteiger partial charge in [0.25, 0.3) is 5.91 Å². The number of rotatable bonds is 6. The van der Waals surface area contributed by atoms with Gasteiger partial charge in [-0.15, -0.1) is 0 Å². The minimum Gasteiger partial charge on any atom is -0.336 e. The quantitative estimate of drug-likeness (QED) is 0.553. The Morgan fingerprint density at radius 1 is 1.03 bits per heavy atom. The molecule has 0 atom stereocenters. The molecule has 0 aliphatic carbocycles. The molecule has 0 bridgehead atoms. The summed E-state index contributed by atoms with van der Waals surface area (Å²) < 4.78 is 29.4. The number of amides is 1. The van der Waals surface area contributed by atoms with Crippen molar-refractivity contribution in [3.8, 4) is 0 Å². The Morgan fingerprint density at radius 2 is 1.70 bits per heavy atom. The Morgan fingerprint density at radius 3 is 2.33 bits per heavy atom. The van der Waals surface area contributed by atoms with Gasteiger partial charge in [-0.1, -0.05) is 31.0 Å². The van der Waals surface area contributed by atoms with Crippen molar-refractivity contribution >= 4 is 27.0 Å². The smallest absolute Gasteiger partial charge is 0.254 e. The van der Waals surface area contributed by atoms with Crippen molar-refractivity contribution in [2.24, 2.45) is 0 Å². The number of fused-ring (bicyclic) bond motifs is 1. The summed E-state index contributed by atoms with van der Waals surface area (Å²) in [6.45, 7) is 9.83. The second-order valence-electron chi connectivity index (χ2n) is 8.68. The first-order chi connectivity index (χ1) is 15.7. The van der Waals surface area contributed by atoms with Crippen molar-refractivity contribution in [3.05, 3.63) is 52.8 Å². The van der Waals surface area contributed by atoms with E-state index in [2.05, 4.69) is 17.0 Å². The normalized spacial score (nSPS) is 15.3. The number of hydrogen-bond acceptors (Lipinski definition) is 5. The van der Waals surface area contributed by atoms with Gasteiger partial charge in [-0.25, -0.2) is 18.1 Å². The number of carbonyl (C=O) groups excluding carboxylic acids is 1. The number of aryl methyl sites for hydroxylation is 4. The maximum Gasteiger partial charge on any atom is 0.254 e. The molecule has 1 aliphatic heterocycles. The first-order valence-electron chi connectivity index (χ1n) is 11.4. The van der Waals surface area contributed by atoms with Crippen LogP contribution in [0.25, 0.3) is 11.0 Å². The fraction of sp³-hybridized carbons (Fsp3) is 0.458. The Bertz CT molecular complexity index is 1270. The molecule has 8 nitrogen and oxygen atoms in total. The van der Waals surface area contributed by atoms with Gasteiger partial charge in [-0.3, -0.25) is 4.79 Å². The van der Waals surface area contributed by atoms with Crippen molar-refractivity contribution < 1.29 is 13.2 Å². The number of benzene rings is 1. The van der Waals surface area contributed by atoms with Gasteiger partial charge in [0.15, 0.2) is 5.65 Å². The molecule has 1 aromatic carbocycles. The molecule has 33 heavy (non-hydrogen) atoms. The van der Waals surface area contributed by atoms with E-state index in [4.69, 9.17) is 0 Å². The molecule has 1 saturated heterocycles. The van der Waals surface area contributed by atoms with Gasteiger partial charge >= 0.3 is 0 Å². The molecule has 0 N–H and O–H groups in total. The van der Waals surface area contributed by atoms with E-state index >= 15 is 0 Å². The highest BCUT2D eigenvalue weighted by Crippen LogP contribution is 2.25. The van der Waals surface area contributed by atoms with Crippen molar-refractivity contribution in [2.75, 3.05) is 26.2 Å². The molecule has 0 unspecified atom stereocenters. The van der Waals surface area contributed by atoms with Gasteiger partial charge in [0.1, 0.15) is 0 Å². The van der Waals surface area contributed by atoms with Gasteiger partial charge < -0.3 is 4.90 Å². The van der Waals surface area contributed by atoms with E-state index in [1.165, 1.54) is 4.31 Å². The lowest BCUT2D eigenvalue weighted by Crippen LogP contribution is -2.50. The lowest BCUT2D eigenvalue weighted by atomic mass is 10.1. The monoisotopic (exact) mass is 469 g/mol. The molecule has 1 amide bonds. The van der Waals surface area contributed by atoms with E-state index in [1.54, 1.807) is 29.2 Å². The van der Waals surface area contributed by atoms with E-state index < -0.39 is 10.0 Å². The first-order valence-corrected chi connectivity index (χ1v) is 12.9. The second-order valence-corrected chi connectivity index (χ2v) is 10.6. The minimum atomic E-state index is -3.57. The predicted molar refractivity (Wildman–Crippen MR) is 128 cm³/mol. The molecule has 1 aliphatic rings. The highest BCUT2D eigenvalue weighted by Gasteiger charge is 2.31. The van der Waals surface area contributed by atoms with Crippen LogP contribution >= 0.6 is 0 Å². The molecular formula is C24H31N5O3S. The SMILES string of the molecule is CCCCn1nc(C)c2c(C(=O)N3CCN(S(=O)(=O)c4ccc(C)cc4)CC3)cc(C)nc21. The van der Waals surface area contributed by atoms with E-state index in [0.717, 1.165) is 47.4 Å². The molecule has 176 valence electrons. The van der Waals surface area contributed by atoms with Crippen LogP contribution in [0.3, 0.4) is 0 Å². The number of nitrogens with zero attached hydrogens (tertiary/aromatic N) is 5. The third kappa shape index (κ3) is 4.52.